The third-order valence-electron chi connectivity index (χ3n) is 5.25. The number of urea groups is 1. The van der Waals surface area contributed by atoms with E-state index in [9.17, 15) is 19.2 Å². The Hall–Kier alpha value is -3.48. The molecule has 1 aliphatic rings. The van der Waals surface area contributed by atoms with Crippen LogP contribution >= 0.6 is 0 Å². The standard InChI is InChI=1S/C23H24N2O5/c1-14-6-9-17(10-7-14)23(4)21(28)25(22(29)24-23)12-20(27)30-13-19(26)18-11-15(2)5-8-16(18)3/h5-11H,12-13H2,1-4H3,(H,24,29)/t23-/m1/s1. The number of amides is 3. The van der Waals surface area contributed by atoms with Gasteiger partial charge in [-0.2, -0.15) is 0 Å². The van der Waals surface area contributed by atoms with Crippen LogP contribution in [0, 0.1) is 20.8 Å². The molecule has 1 fully saturated rings. The summed E-state index contributed by atoms with van der Waals surface area (Å²) in [5.41, 5.74) is 2.55. The highest BCUT2D eigenvalue weighted by Crippen LogP contribution is 2.28. The summed E-state index contributed by atoms with van der Waals surface area (Å²) in [5.74, 6) is -1.72. The number of nitrogens with zero attached hydrogens (tertiary/aromatic N) is 1. The summed E-state index contributed by atoms with van der Waals surface area (Å²) in [4.78, 5) is 50.6. The number of rotatable bonds is 6. The number of benzene rings is 2. The van der Waals surface area contributed by atoms with Gasteiger partial charge >= 0.3 is 12.0 Å². The van der Waals surface area contributed by atoms with Crippen molar-refractivity contribution in [2.24, 2.45) is 0 Å². The Labute approximate surface area is 175 Å². The number of aryl methyl sites for hydroxylation is 3. The van der Waals surface area contributed by atoms with Gasteiger partial charge in [-0.3, -0.25) is 19.3 Å². The third kappa shape index (κ3) is 4.10. The number of esters is 1. The van der Waals surface area contributed by atoms with E-state index in [1.165, 1.54) is 0 Å². The van der Waals surface area contributed by atoms with Gasteiger partial charge in [-0.25, -0.2) is 4.79 Å². The van der Waals surface area contributed by atoms with Crippen LogP contribution in [0.15, 0.2) is 42.5 Å². The van der Waals surface area contributed by atoms with Gasteiger partial charge < -0.3 is 10.1 Å². The van der Waals surface area contributed by atoms with Gasteiger partial charge in [-0.1, -0.05) is 47.5 Å². The number of hydrogen-bond donors (Lipinski definition) is 1. The number of ether oxygens (including phenoxy) is 1. The first-order valence-electron chi connectivity index (χ1n) is 9.59. The van der Waals surface area contributed by atoms with Crippen LogP contribution in [0.1, 0.15) is 39.5 Å². The lowest BCUT2D eigenvalue weighted by molar-refractivity contribution is -0.146. The number of carbonyl (C=O) groups excluding carboxylic acids is 4. The van der Waals surface area contributed by atoms with Crippen molar-refractivity contribution in [3.63, 3.8) is 0 Å². The Kier molecular flexibility index (Phi) is 5.73. The third-order valence-corrected chi connectivity index (χ3v) is 5.25. The minimum Gasteiger partial charge on any atom is -0.456 e. The van der Waals surface area contributed by atoms with Crippen LogP contribution in [0.4, 0.5) is 4.79 Å². The number of carbonyl (C=O) groups is 4. The lowest BCUT2D eigenvalue weighted by Gasteiger charge is -2.22. The molecule has 156 valence electrons. The van der Waals surface area contributed by atoms with E-state index < -0.39 is 36.6 Å². The lowest BCUT2D eigenvalue weighted by atomic mass is 9.91. The van der Waals surface area contributed by atoms with E-state index in [1.54, 1.807) is 32.0 Å². The van der Waals surface area contributed by atoms with Crippen LogP contribution in [0.5, 0.6) is 0 Å². The Morgan fingerprint density at radius 3 is 2.30 bits per heavy atom. The van der Waals surface area contributed by atoms with Crippen molar-refractivity contribution in [2.45, 2.75) is 33.2 Å². The number of nitrogens with one attached hydrogen (secondary N) is 1. The van der Waals surface area contributed by atoms with Gasteiger partial charge in [0, 0.05) is 5.56 Å². The summed E-state index contributed by atoms with van der Waals surface area (Å²) in [6.45, 7) is 6.16. The van der Waals surface area contributed by atoms with Gasteiger partial charge in [0.05, 0.1) is 0 Å². The molecular weight excluding hydrogens is 384 g/mol. The highest BCUT2D eigenvalue weighted by atomic mass is 16.5. The topological polar surface area (TPSA) is 92.8 Å². The summed E-state index contributed by atoms with van der Waals surface area (Å²) < 4.78 is 5.04. The van der Waals surface area contributed by atoms with Crippen LogP contribution in [0.25, 0.3) is 0 Å². The van der Waals surface area contributed by atoms with Crippen molar-refractivity contribution in [1.29, 1.82) is 0 Å². The molecule has 0 unspecified atom stereocenters. The van der Waals surface area contributed by atoms with E-state index >= 15 is 0 Å². The van der Waals surface area contributed by atoms with Crippen molar-refractivity contribution in [3.8, 4) is 0 Å². The lowest BCUT2D eigenvalue weighted by Crippen LogP contribution is -2.41. The number of Topliss-reactive ketones (excluding diaryl/α,β-unsaturated/α-hetero) is 1. The van der Waals surface area contributed by atoms with Crippen LogP contribution in [0.2, 0.25) is 0 Å². The highest BCUT2D eigenvalue weighted by molar-refractivity contribution is 6.09. The van der Waals surface area contributed by atoms with Crippen molar-refractivity contribution >= 4 is 23.7 Å². The second-order valence-corrected chi connectivity index (χ2v) is 7.71. The van der Waals surface area contributed by atoms with E-state index in [2.05, 4.69) is 5.32 Å². The van der Waals surface area contributed by atoms with Crippen molar-refractivity contribution < 1.29 is 23.9 Å². The molecule has 2 aromatic carbocycles. The Morgan fingerprint density at radius 1 is 1.00 bits per heavy atom. The van der Waals surface area contributed by atoms with E-state index in [0.29, 0.717) is 11.1 Å². The maximum atomic E-state index is 12.9. The van der Waals surface area contributed by atoms with Gasteiger partial charge in [0.25, 0.3) is 5.91 Å². The Morgan fingerprint density at radius 2 is 1.63 bits per heavy atom. The van der Waals surface area contributed by atoms with E-state index in [4.69, 9.17) is 4.74 Å². The zero-order chi connectivity index (χ0) is 22.1. The molecule has 3 rings (SSSR count). The van der Waals surface area contributed by atoms with Gasteiger partial charge in [0.2, 0.25) is 5.78 Å². The molecule has 2 aromatic rings. The molecule has 1 N–H and O–H groups in total. The molecule has 1 heterocycles. The maximum absolute atomic E-state index is 12.9. The summed E-state index contributed by atoms with van der Waals surface area (Å²) >= 11 is 0. The molecule has 0 saturated carbocycles. The number of hydrogen-bond acceptors (Lipinski definition) is 5. The van der Waals surface area contributed by atoms with Crippen LogP contribution in [-0.2, 0) is 19.9 Å². The minimum atomic E-state index is -1.26. The molecule has 1 aliphatic heterocycles. The maximum Gasteiger partial charge on any atom is 0.326 e. The fourth-order valence-corrected chi connectivity index (χ4v) is 3.36. The average molecular weight is 408 g/mol. The summed E-state index contributed by atoms with van der Waals surface area (Å²) in [5, 5.41) is 2.64. The summed E-state index contributed by atoms with van der Waals surface area (Å²) in [6.07, 6.45) is 0. The van der Waals surface area contributed by atoms with Crippen molar-refractivity contribution in [1.82, 2.24) is 10.2 Å². The molecule has 1 atom stereocenters. The molecule has 0 aliphatic carbocycles. The second-order valence-electron chi connectivity index (χ2n) is 7.71. The quantitative estimate of drug-likeness (QED) is 0.451. The van der Waals surface area contributed by atoms with Crippen LogP contribution in [-0.4, -0.2) is 41.7 Å². The first-order chi connectivity index (χ1) is 14.1. The zero-order valence-electron chi connectivity index (χ0n) is 17.4. The molecule has 30 heavy (non-hydrogen) atoms. The average Bonchev–Trinajstić information content (AvgIpc) is 2.92. The highest BCUT2D eigenvalue weighted by Gasteiger charge is 2.49. The van der Waals surface area contributed by atoms with E-state index in [0.717, 1.165) is 21.6 Å². The Bertz CT molecular complexity index is 1030. The molecular formula is C23H24N2O5. The SMILES string of the molecule is Cc1ccc([C@@]2(C)NC(=O)N(CC(=O)OCC(=O)c3cc(C)ccc3C)C2=O)cc1. The van der Waals surface area contributed by atoms with Crippen LogP contribution < -0.4 is 5.32 Å². The van der Waals surface area contributed by atoms with Gasteiger partial charge in [-0.15, -0.1) is 0 Å². The summed E-state index contributed by atoms with van der Waals surface area (Å²) in [7, 11) is 0. The van der Waals surface area contributed by atoms with E-state index in [-0.39, 0.29) is 5.78 Å². The van der Waals surface area contributed by atoms with Crippen molar-refractivity contribution in [2.75, 3.05) is 13.2 Å². The first kappa shape index (κ1) is 21.2. The number of imide groups is 1. The molecule has 7 heteroatoms. The zero-order valence-corrected chi connectivity index (χ0v) is 17.4. The minimum absolute atomic E-state index is 0.341. The van der Waals surface area contributed by atoms with Gasteiger partial charge in [0.1, 0.15) is 12.1 Å². The molecule has 3 amide bonds. The molecule has 0 radical (unpaired) electrons. The predicted molar refractivity (Wildman–Crippen MR) is 110 cm³/mol. The van der Waals surface area contributed by atoms with E-state index in [1.807, 2.05) is 38.1 Å². The second kappa shape index (κ2) is 8.10. The first-order valence-corrected chi connectivity index (χ1v) is 9.59. The number of ketones is 1. The Balaban J connectivity index is 1.64. The molecule has 0 spiro atoms. The molecule has 0 aromatic heterocycles. The normalized spacial score (nSPS) is 18.3. The van der Waals surface area contributed by atoms with Gasteiger partial charge in [0.15, 0.2) is 6.61 Å². The summed E-state index contributed by atoms with van der Waals surface area (Å²) in [6, 6.07) is 12.0. The smallest absolute Gasteiger partial charge is 0.326 e. The monoisotopic (exact) mass is 408 g/mol. The van der Waals surface area contributed by atoms with Gasteiger partial charge in [-0.05, 0) is 44.9 Å². The van der Waals surface area contributed by atoms with Crippen molar-refractivity contribution in [3.05, 3.63) is 70.3 Å². The molecule has 7 nitrogen and oxygen atoms in total. The fourth-order valence-electron chi connectivity index (χ4n) is 3.36. The fraction of sp³-hybridized carbons (Fsp3) is 0.304. The van der Waals surface area contributed by atoms with Crippen LogP contribution in [0.3, 0.4) is 0 Å². The molecule has 0 bridgehead atoms. The molecule has 1 saturated heterocycles. The largest absolute Gasteiger partial charge is 0.456 e. The predicted octanol–water partition coefficient (Wildman–Crippen LogP) is 2.80.